The molecule has 196 valence electrons. The molecule has 1 aromatic carbocycles. The maximum atomic E-state index is 14.0. The monoisotopic (exact) mass is 510 g/mol. The maximum Gasteiger partial charge on any atom is 0.296 e. The number of morpholine rings is 1. The van der Waals surface area contributed by atoms with Gasteiger partial charge in [-0.2, -0.15) is 15.2 Å². The van der Waals surface area contributed by atoms with Gasteiger partial charge in [0.25, 0.3) is 6.43 Å². The number of para-hydroxylation sites is 2. The summed E-state index contributed by atoms with van der Waals surface area (Å²) in [6, 6.07) is 11.5. The fourth-order valence-corrected chi connectivity index (χ4v) is 5.27. The molecule has 1 N–H and O–H groups in total. The normalized spacial score (nSPS) is 20.5. The lowest BCUT2D eigenvalue weighted by Gasteiger charge is -2.33. The second-order valence-electron chi connectivity index (χ2n) is 9.73. The van der Waals surface area contributed by atoms with Crippen LogP contribution in [-0.4, -0.2) is 76.9 Å². The summed E-state index contributed by atoms with van der Waals surface area (Å²) in [6.45, 7) is 3.66. The van der Waals surface area contributed by atoms with Gasteiger partial charge in [0.05, 0.1) is 36.9 Å². The Labute approximate surface area is 215 Å². The van der Waals surface area contributed by atoms with Crippen molar-refractivity contribution in [2.24, 2.45) is 5.92 Å². The molecule has 0 unspecified atom stereocenters. The van der Waals surface area contributed by atoms with Gasteiger partial charge in [-0.05, 0) is 50.8 Å². The first-order chi connectivity index (χ1) is 18.0. The molecule has 3 aromatic rings. The van der Waals surface area contributed by atoms with Crippen LogP contribution in [0.1, 0.15) is 37.9 Å². The van der Waals surface area contributed by atoms with Crippen LogP contribution < -0.4 is 10.2 Å². The van der Waals surface area contributed by atoms with Crippen LogP contribution in [0.4, 0.5) is 20.5 Å². The summed E-state index contributed by atoms with van der Waals surface area (Å²) in [7, 11) is 2.01. The van der Waals surface area contributed by atoms with E-state index in [0.717, 1.165) is 25.7 Å². The largest absolute Gasteiger partial charge is 0.378 e. The van der Waals surface area contributed by atoms with E-state index in [4.69, 9.17) is 15.0 Å². The highest BCUT2D eigenvalue weighted by molar-refractivity contribution is 5.78. The van der Waals surface area contributed by atoms with Gasteiger partial charge < -0.3 is 15.0 Å². The smallest absolute Gasteiger partial charge is 0.296 e. The fourth-order valence-electron chi connectivity index (χ4n) is 5.27. The molecule has 0 radical (unpaired) electrons. The number of benzene rings is 1. The molecular formula is C26H32F2N8O. The summed E-state index contributed by atoms with van der Waals surface area (Å²) in [5.74, 6) is 1.58. The van der Waals surface area contributed by atoms with E-state index in [9.17, 15) is 8.78 Å². The predicted molar refractivity (Wildman–Crippen MR) is 137 cm³/mol. The van der Waals surface area contributed by atoms with Crippen LogP contribution in [0.15, 0.2) is 30.3 Å². The number of hydrogen-bond acceptors (Lipinski definition) is 8. The topological polar surface area (TPSA) is 95.1 Å². The molecule has 9 nitrogen and oxygen atoms in total. The third-order valence-electron chi connectivity index (χ3n) is 7.35. The van der Waals surface area contributed by atoms with E-state index < -0.39 is 6.43 Å². The van der Waals surface area contributed by atoms with E-state index in [0.29, 0.717) is 80.0 Å². The van der Waals surface area contributed by atoms with Gasteiger partial charge in [-0.25, -0.2) is 13.8 Å². The molecule has 5 rings (SSSR count). The van der Waals surface area contributed by atoms with Crippen molar-refractivity contribution in [2.75, 3.05) is 56.7 Å². The second kappa shape index (κ2) is 11.4. The highest BCUT2D eigenvalue weighted by Gasteiger charge is 2.25. The van der Waals surface area contributed by atoms with Crippen LogP contribution in [0.5, 0.6) is 0 Å². The number of alkyl halides is 2. The van der Waals surface area contributed by atoms with Crippen LogP contribution in [0.25, 0.3) is 16.9 Å². The Balaban J connectivity index is 1.41. The number of nitrogens with one attached hydrogen (secondary N) is 1. The first kappa shape index (κ1) is 25.3. The summed E-state index contributed by atoms with van der Waals surface area (Å²) in [5, 5.41) is 12.4. The summed E-state index contributed by atoms with van der Waals surface area (Å²) < 4.78 is 35.0. The van der Waals surface area contributed by atoms with Gasteiger partial charge in [-0.3, -0.25) is 9.47 Å². The van der Waals surface area contributed by atoms with E-state index >= 15 is 0 Å². The van der Waals surface area contributed by atoms with E-state index in [1.165, 1.54) is 4.57 Å². The van der Waals surface area contributed by atoms with Crippen molar-refractivity contribution >= 4 is 22.8 Å². The molecule has 1 saturated carbocycles. The zero-order valence-corrected chi connectivity index (χ0v) is 21.0. The Morgan fingerprint density at radius 2 is 1.84 bits per heavy atom. The average molecular weight is 511 g/mol. The number of hydrogen-bond donors (Lipinski definition) is 1. The average Bonchev–Trinajstić information content (AvgIpc) is 3.33. The summed E-state index contributed by atoms with van der Waals surface area (Å²) in [4.78, 5) is 17.8. The number of rotatable bonds is 8. The molecule has 2 fully saturated rings. The van der Waals surface area contributed by atoms with Crippen LogP contribution >= 0.6 is 0 Å². The Kier molecular flexibility index (Phi) is 7.76. The van der Waals surface area contributed by atoms with Crippen molar-refractivity contribution in [2.45, 2.75) is 38.2 Å². The lowest BCUT2D eigenvalue weighted by atomic mass is 9.85. The van der Waals surface area contributed by atoms with Gasteiger partial charge in [0.2, 0.25) is 5.95 Å². The van der Waals surface area contributed by atoms with Gasteiger partial charge in [0, 0.05) is 31.7 Å². The van der Waals surface area contributed by atoms with Crippen molar-refractivity contribution < 1.29 is 13.5 Å². The Morgan fingerprint density at radius 3 is 2.57 bits per heavy atom. The van der Waals surface area contributed by atoms with Crippen molar-refractivity contribution in [1.82, 2.24) is 24.4 Å². The second-order valence-corrected chi connectivity index (χ2v) is 9.73. The standard InChI is InChI=1S/C26H32F2N8O/c1-34(11-10-29)19-8-6-18(7-9-19)17-30-26-32-22(35-12-14-37-15-13-35)16-23(33-26)36-21-5-3-2-4-20(21)31-25(36)24(27)28/h2-5,16,18-19,24H,6-9,11-15,17H2,1H3,(H,30,32,33). The van der Waals surface area contributed by atoms with Crippen molar-refractivity contribution in [1.29, 1.82) is 5.26 Å². The molecule has 1 saturated heterocycles. The van der Waals surface area contributed by atoms with E-state index in [-0.39, 0.29) is 5.82 Å². The number of ether oxygens (including phenoxy) is 1. The molecule has 2 aromatic heterocycles. The summed E-state index contributed by atoms with van der Waals surface area (Å²) in [6.07, 6.45) is 1.43. The first-order valence-electron chi connectivity index (χ1n) is 12.8. The third kappa shape index (κ3) is 5.65. The molecule has 11 heteroatoms. The predicted octanol–water partition coefficient (Wildman–Crippen LogP) is 4.02. The summed E-state index contributed by atoms with van der Waals surface area (Å²) in [5.41, 5.74) is 1.08. The van der Waals surface area contributed by atoms with Gasteiger partial charge in [0.15, 0.2) is 5.82 Å². The zero-order chi connectivity index (χ0) is 25.8. The quantitative estimate of drug-likeness (QED) is 0.454. The zero-order valence-electron chi connectivity index (χ0n) is 21.0. The fraction of sp³-hybridized carbons (Fsp3) is 0.538. The number of halogens is 2. The molecule has 1 aliphatic heterocycles. The molecule has 2 aliphatic rings. The van der Waals surface area contributed by atoms with Crippen LogP contribution in [0.3, 0.4) is 0 Å². The lowest BCUT2D eigenvalue weighted by molar-refractivity contribution is 0.122. The molecular weight excluding hydrogens is 478 g/mol. The SMILES string of the molecule is CN(CC#N)C1CCC(CNc2nc(N3CCOCC3)cc(-n3c(C(F)F)nc4ccccc43)n2)CC1. The van der Waals surface area contributed by atoms with Gasteiger partial charge in [-0.15, -0.1) is 0 Å². The third-order valence-corrected chi connectivity index (χ3v) is 7.35. The maximum absolute atomic E-state index is 14.0. The minimum absolute atomic E-state index is 0.335. The number of nitriles is 1. The van der Waals surface area contributed by atoms with E-state index in [1.54, 1.807) is 24.3 Å². The molecule has 37 heavy (non-hydrogen) atoms. The summed E-state index contributed by atoms with van der Waals surface area (Å²) >= 11 is 0. The van der Waals surface area contributed by atoms with E-state index in [2.05, 4.69) is 31.2 Å². The molecule has 3 heterocycles. The molecule has 0 bridgehead atoms. The van der Waals surface area contributed by atoms with Crippen molar-refractivity contribution in [3.05, 3.63) is 36.2 Å². The number of aromatic nitrogens is 4. The minimum atomic E-state index is -2.75. The van der Waals surface area contributed by atoms with Crippen LogP contribution in [0.2, 0.25) is 0 Å². The van der Waals surface area contributed by atoms with Crippen molar-refractivity contribution in [3.8, 4) is 11.9 Å². The number of fused-ring (bicyclic) bond motifs is 1. The lowest BCUT2D eigenvalue weighted by Crippen LogP contribution is -2.37. The molecule has 1 aliphatic carbocycles. The molecule has 0 atom stereocenters. The first-order valence-corrected chi connectivity index (χ1v) is 12.8. The van der Waals surface area contributed by atoms with Crippen LogP contribution in [0, 0.1) is 17.2 Å². The highest BCUT2D eigenvalue weighted by atomic mass is 19.3. The van der Waals surface area contributed by atoms with Gasteiger partial charge >= 0.3 is 0 Å². The number of anilines is 2. The number of imidazole rings is 1. The Bertz CT molecular complexity index is 1250. The van der Waals surface area contributed by atoms with Crippen molar-refractivity contribution in [3.63, 3.8) is 0 Å². The van der Waals surface area contributed by atoms with Gasteiger partial charge in [-0.1, -0.05) is 12.1 Å². The van der Waals surface area contributed by atoms with Gasteiger partial charge in [0.1, 0.15) is 11.6 Å². The van der Waals surface area contributed by atoms with E-state index in [1.807, 2.05) is 13.1 Å². The Morgan fingerprint density at radius 1 is 1.11 bits per heavy atom. The molecule has 0 spiro atoms. The Hall–Kier alpha value is -3.36. The van der Waals surface area contributed by atoms with Crippen LogP contribution in [-0.2, 0) is 4.74 Å². The number of nitrogens with zero attached hydrogens (tertiary/aromatic N) is 7. The minimum Gasteiger partial charge on any atom is -0.378 e. The highest BCUT2D eigenvalue weighted by Crippen LogP contribution is 2.30. The molecule has 0 amide bonds.